The maximum Gasteiger partial charge on any atom is 0.338 e. The summed E-state index contributed by atoms with van der Waals surface area (Å²) in [5, 5.41) is 3.02. The van der Waals surface area contributed by atoms with Crippen LogP contribution in [0.3, 0.4) is 0 Å². The van der Waals surface area contributed by atoms with Crippen LogP contribution in [0.15, 0.2) is 27.5 Å². The Hall–Kier alpha value is -2.07. The van der Waals surface area contributed by atoms with E-state index in [0.717, 1.165) is 17.0 Å². The Labute approximate surface area is 149 Å². The summed E-state index contributed by atoms with van der Waals surface area (Å²) in [6.07, 6.45) is 0.803. The Balaban J connectivity index is 1.69. The largest absolute Gasteiger partial charge is 0.452 e. The smallest absolute Gasteiger partial charge is 0.338 e. The highest BCUT2D eigenvalue weighted by molar-refractivity contribution is 8.15. The molecule has 2 aliphatic heterocycles. The minimum absolute atomic E-state index is 0.0346. The van der Waals surface area contributed by atoms with Crippen LogP contribution in [0, 0.1) is 0 Å². The normalized spacial score (nSPS) is 17.3. The first-order valence-electron chi connectivity index (χ1n) is 7.75. The average molecular weight is 383 g/mol. The van der Waals surface area contributed by atoms with Crippen molar-refractivity contribution in [1.82, 2.24) is 5.32 Å². The second kappa shape index (κ2) is 7.04. The molecule has 1 N–H and O–H groups in total. The number of fused-ring (bicyclic) bond motifs is 3. The molecule has 25 heavy (non-hydrogen) atoms. The van der Waals surface area contributed by atoms with E-state index in [-0.39, 0.29) is 18.3 Å². The average Bonchev–Trinajstić information content (AvgIpc) is 2.92. The van der Waals surface area contributed by atoms with Crippen LogP contribution in [0.1, 0.15) is 23.7 Å². The third kappa shape index (κ3) is 3.96. The van der Waals surface area contributed by atoms with Gasteiger partial charge in [0.25, 0.3) is 15.9 Å². The Morgan fingerprint density at radius 1 is 1.40 bits per heavy atom. The van der Waals surface area contributed by atoms with Gasteiger partial charge in [-0.05, 0) is 36.4 Å². The van der Waals surface area contributed by atoms with E-state index in [1.807, 2.05) is 11.8 Å². The molecule has 1 aromatic carbocycles. The molecule has 10 heteroatoms. The summed E-state index contributed by atoms with van der Waals surface area (Å²) in [4.78, 5) is 26.1. The fourth-order valence-corrected chi connectivity index (χ4v) is 4.68. The number of hydrogen-bond acceptors (Lipinski definition) is 7. The lowest BCUT2D eigenvalue weighted by molar-refractivity contribution is -0.124. The predicted molar refractivity (Wildman–Crippen MR) is 94.5 cm³/mol. The SMILES string of the molecule is CCCNC(=O)COC(=O)c1ccc2c(c1)SC1=NS(=O)(=O)CCN12. The van der Waals surface area contributed by atoms with E-state index >= 15 is 0 Å². The van der Waals surface area contributed by atoms with Gasteiger partial charge in [-0.1, -0.05) is 6.92 Å². The quantitative estimate of drug-likeness (QED) is 0.756. The molecule has 0 bridgehead atoms. The van der Waals surface area contributed by atoms with Gasteiger partial charge in [-0.25, -0.2) is 13.2 Å². The number of thioether (sulfide) groups is 1. The van der Waals surface area contributed by atoms with Crippen molar-refractivity contribution in [2.45, 2.75) is 18.2 Å². The van der Waals surface area contributed by atoms with Gasteiger partial charge in [0, 0.05) is 18.0 Å². The summed E-state index contributed by atoms with van der Waals surface area (Å²) in [5.41, 5.74) is 1.12. The molecule has 3 rings (SSSR count). The minimum Gasteiger partial charge on any atom is -0.452 e. The molecule has 0 saturated heterocycles. The number of nitrogens with one attached hydrogen (secondary N) is 1. The Bertz CT molecular complexity index is 851. The monoisotopic (exact) mass is 383 g/mol. The molecule has 0 saturated carbocycles. The van der Waals surface area contributed by atoms with Crippen molar-refractivity contribution in [1.29, 1.82) is 0 Å². The van der Waals surface area contributed by atoms with E-state index in [2.05, 4.69) is 9.71 Å². The highest BCUT2D eigenvalue weighted by Crippen LogP contribution is 2.42. The molecule has 0 atom stereocenters. The third-order valence-electron chi connectivity index (χ3n) is 3.62. The first kappa shape index (κ1) is 17.7. The molecular formula is C15H17N3O5S2. The zero-order valence-corrected chi connectivity index (χ0v) is 15.2. The molecule has 0 fully saturated rings. The number of amides is 1. The van der Waals surface area contributed by atoms with Crippen molar-refractivity contribution in [3.05, 3.63) is 23.8 Å². The summed E-state index contributed by atoms with van der Waals surface area (Å²) >= 11 is 1.20. The lowest BCUT2D eigenvalue weighted by Crippen LogP contribution is -2.35. The second-order valence-electron chi connectivity index (χ2n) is 5.52. The van der Waals surface area contributed by atoms with Crippen molar-refractivity contribution >= 4 is 44.5 Å². The number of benzene rings is 1. The standard InChI is InChI=1S/C15H17N3O5S2/c1-2-5-16-13(19)9-23-14(20)10-3-4-11-12(8-10)24-15-17-25(21,22)7-6-18(11)15/h3-4,8H,2,5-7,9H2,1H3,(H,16,19). The molecule has 2 aliphatic rings. The maximum atomic E-state index is 12.1. The highest BCUT2D eigenvalue weighted by atomic mass is 32.2. The fourth-order valence-electron chi connectivity index (χ4n) is 2.39. The molecule has 0 aromatic heterocycles. The minimum atomic E-state index is -3.42. The van der Waals surface area contributed by atoms with Crippen LogP contribution < -0.4 is 10.2 Å². The van der Waals surface area contributed by atoms with E-state index in [9.17, 15) is 18.0 Å². The van der Waals surface area contributed by atoms with Gasteiger partial charge in [0.2, 0.25) is 0 Å². The van der Waals surface area contributed by atoms with Gasteiger partial charge in [-0.2, -0.15) is 0 Å². The number of carbonyl (C=O) groups is 2. The summed E-state index contributed by atoms with van der Waals surface area (Å²) in [5.74, 6) is -0.982. The third-order valence-corrected chi connectivity index (χ3v) is 5.92. The highest BCUT2D eigenvalue weighted by Gasteiger charge is 2.33. The topological polar surface area (TPSA) is 105 Å². The van der Waals surface area contributed by atoms with Crippen LogP contribution in [0.2, 0.25) is 0 Å². The summed E-state index contributed by atoms with van der Waals surface area (Å²) < 4.78 is 32.0. The van der Waals surface area contributed by atoms with Gasteiger partial charge in [-0.3, -0.25) is 4.79 Å². The van der Waals surface area contributed by atoms with E-state index in [1.165, 1.54) is 11.8 Å². The number of amidine groups is 1. The van der Waals surface area contributed by atoms with E-state index in [0.29, 0.717) is 23.8 Å². The van der Waals surface area contributed by atoms with Crippen molar-refractivity contribution in [2.24, 2.45) is 4.40 Å². The van der Waals surface area contributed by atoms with Gasteiger partial charge in [0.15, 0.2) is 11.8 Å². The van der Waals surface area contributed by atoms with Gasteiger partial charge < -0.3 is 15.0 Å². The van der Waals surface area contributed by atoms with Gasteiger partial charge in [-0.15, -0.1) is 4.40 Å². The fraction of sp³-hybridized carbons (Fsp3) is 0.400. The number of hydrogen-bond donors (Lipinski definition) is 1. The zero-order valence-electron chi connectivity index (χ0n) is 13.5. The molecule has 1 amide bonds. The lowest BCUT2D eigenvalue weighted by atomic mass is 10.2. The number of carbonyl (C=O) groups excluding carboxylic acids is 2. The van der Waals surface area contributed by atoms with Gasteiger partial charge in [0.1, 0.15) is 0 Å². The van der Waals surface area contributed by atoms with Crippen LogP contribution in [0.4, 0.5) is 5.69 Å². The molecule has 134 valence electrons. The first-order valence-corrected chi connectivity index (χ1v) is 10.2. The van der Waals surface area contributed by atoms with E-state index in [1.54, 1.807) is 18.2 Å². The first-order chi connectivity index (χ1) is 11.9. The Kier molecular flexibility index (Phi) is 5.00. The predicted octanol–water partition coefficient (Wildman–Crippen LogP) is 0.981. The van der Waals surface area contributed by atoms with Crippen LogP contribution >= 0.6 is 11.8 Å². The lowest BCUT2D eigenvalue weighted by Gasteiger charge is -2.22. The van der Waals surface area contributed by atoms with Crippen LogP contribution in [0.5, 0.6) is 0 Å². The van der Waals surface area contributed by atoms with Crippen molar-refractivity contribution in [3.8, 4) is 0 Å². The van der Waals surface area contributed by atoms with Crippen LogP contribution in [-0.2, 0) is 19.6 Å². The number of anilines is 1. The summed E-state index contributed by atoms with van der Waals surface area (Å²) in [6.45, 7) is 2.47. The molecule has 0 aliphatic carbocycles. The molecule has 0 radical (unpaired) electrons. The van der Waals surface area contributed by atoms with Gasteiger partial charge in [0.05, 0.1) is 17.0 Å². The van der Waals surface area contributed by atoms with Crippen LogP contribution in [-0.4, -0.2) is 50.9 Å². The van der Waals surface area contributed by atoms with Gasteiger partial charge >= 0.3 is 5.97 Å². The molecule has 1 aromatic rings. The van der Waals surface area contributed by atoms with Crippen molar-refractivity contribution in [2.75, 3.05) is 30.3 Å². The number of ether oxygens (including phenoxy) is 1. The van der Waals surface area contributed by atoms with E-state index < -0.39 is 16.0 Å². The van der Waals surface area contributed by atoms with Crippen molar-refractivity contribution in [3.63, 3.8) is 0 Å². The van der Waals surface area contributed by atoms with Crippen LogP contribution in [0.25, 0.3) is 0 Å². The molecular weight excluding hydrogens is 366 g/mol. The number of sulfonamides is 1. The summed E-state index contributed by atoms with van der Waals surface area (Å²) in [7, 11) is -3.42. The second-order valence-corrected chi connectivity index (χ2v) is 8.29. The molecule has 8 nitrogen and oxygen atoms in total. The summed E-state index contributed by atoms with van der Waals surface area (Å²) in [6, 6.07) is 4.95. The maximum absolute atomic E-state index is 12.1. The van der Waals surface area contributed by atoms with E-state index in [4.69, 9.17) is 4.74 Å². The molecule has 0 unspecified atom stereocenters. The molecule has 2 heterocycles. The Morgan fingerprint density at radius 3 is 2.96 bits per heavy atom. The number of nitrogens with zero attached hydrogens (tertiary/aromatic N) is 2. The number of rotatable bonds is 5. The zero-order chi connectivity index (χ0) is 18.0. The molecule has 0 spiro atoms. The Morgan fingerprint density at radius 2 is 2.20 bits per heavy atom. The number of esters is 1. The van der Waals surface area contributed by atoms with Crippen molar-refractivity contribution < 1.29 is 22.7 Å².